The zero-order valence-electron chi connectivity index (χ0n) is 17.0. The highest BCUT2D eigenvalue weighted by Gasteiger charge is 2.40. The van der Waals surface area contributed by atoms with Crippen molar-refractivity contribution in [3.05, 3.63) is 134 Å². The first-order valence-electron chi connectivity index (χ1n) is 10.3. The third kappa shape index (κ3) is 3.41. The predicted octanol–water partition coefficient (Wildman–Crippen LogP) is 7.45. The summed E-state index contributed by atoms with van der Waals surface area (Å²) < 4.78 is 0.366. The lowest BCUT2D eigenvalue weighted by molar-refractivity contribution is 0.679. The van der Waals surface area contributed by atoms with Crippen molar-refractivity contribution in [1.82, 2.24) is 14.5 Å². The van der Waals surface area contributed by atoms with Crippen LogP contribution >= 0.6 is 0 Å². The Morgan fingerprint density at radius 2 is 0.871 bits per heavy atom. The highest BCUT2D eigenvalue weighted by molar-refractivity contribution is 5.81. The Labute approximate surface area is 182 Å². The Morgan fingerprint density at radius 3 is 1.32 bits per heavy atom. The maximum absolute atomic E-state index is 4.83. The average Bonchev–Trinajstić information content (AvgIpc) is 2.87. The SMILES string of the molecule is c1ccc(-c2cc([N+](c3ccccc3)(c3ccccc3)c3ccccc3)ncn2)cc1. The van der Waals surface area contributed by atoms with E-state index in [4.69, 9.17) is 4.98 Å². The number of nitrogens with zero attached hydrogens (tertiary/aromatic N) is 3. The molecule has 0 bridgehead atoms. The Morgan fingerprint density at radius 1 is 0.452 bits per heavy atom. The third-order valence-electron chi connectivity index (χ3n) is 5.50. The molecule has 1 heterocycles. The largest absolute Gasteiger partial charge is 0.246 e. The van der Waals surface area contributed by atoms with Crippen molar-refractivity contribution in [3.8, 4) is 11.3 Å². The normalized spacial score (nSPS) is 11.2. The molecule has 0 atom stereocenters. The molecule has 0 fully saturated rings. The lowest BCUT2D eigenvalue weighted by Gasteiger charge is -2.35. The van der Waals surface area contributed by atoms with E-state index in [2.05, 4.69) is 96.0 Å². The van der Waals surface area contributed by atoms with E-state index in [1.165, 1.54) is 0 Å². The van der Waals surface area contributed by atoms with Gasteiger partial charge in [-0.2, -0.15) is 9.47 Å². The van der Waals surface area contributed by atoms with Crippen LogP contribution in [-0.2, 0) is 0 Å². The van der Waals surface area contributed by atoms with Crippen LogP contribution < -0.4 is 4.48 Å². The molecule has 0 saturated carbocycles. The molecule has 0 aliphatic carbocycles. The maximum atomic E-state index is 4.83. The summed E-state index contributed by atoms with van der Waals surface area (Å²) in [6, 6.07) is 43.9. The van der Waals surface area contributed by atoms with Gasteiger partial charge >= 0.3 is 0 Å². The van der Waals surface area contributed by atoms with Crippen LogP contribution in [-0.4, -0.2) is 9.97 Å². The summed E-state index contributed by atoms with van der Waals surface area (Å²) in [5.41, 5.74) is 5.29. The summed E-state index contributed by atoms with van der Waals surface area (Å²) in [4.78, 5) is 9.41. The van der Waals surface area contributed by atoms with E-state index >= 15 is 0 Å². The fraction of sp³-hybridized carbons (Fsp3) is 0. The second-order valence-electron chi connectivity index (χ2n) is 7.30. The Hall–Kier alpha value is -4.08. The molecule has 5 aromatic rings. The molecule has 0 saturated heterocycles. The number of para-hydroxylation sites is 3. The van der Waals surface area contributed by atoms with Gasteiger partial charge in [0.05, 0.1) is 5.69 Å². The molecule has 0 radical (unpaired) electrons. The van der Waals surface area contributed by atoms with Crippen molar-refractivity contribution in [1.29, 1.82) is 0 Å². The minimum atomic E-state index is 0.366. The Bertz CT molecular complexity index is 1160. The van der Waals surface area contributed by atoms with Crippen molar-refractivity contribution in [2.45, 2.75) is 0 Å². The molecule has 0 unspecified atom stereocenters. The Balaban J connectivity index is 1.85. The van der Waals surface area contributed by atoms with Crippen LogP contribution in [0, 0.1) is 0 Å². The second kappa shape index (κ2) is 8.34. The molecular weight excluding hydrogens is 378 g/mol. The van der Waals surface area contributed by atoms with Gasteiger partial charge in [0.2, 0.25) is 5.82 Å². The molecule has 3 nitrogen and oxygen atoms in total. The third-order valence-corrected chi connectivity index (χ3v) is 5.50. The van der Waals surface area contributed by atoms with E-state index in [0.29, 0.717) is 4.48 Å². The van der Waals surface area contributed by atoms with E-state index in [1.54, 1.807) is 6.33 Å². The Kier molecular flexibility index (Phi) is 5.09. The molecule has 5 rings (SSSR count). The molecule has 0 aliphatic heterocycles. The molecule has 0 aliphatic rings. The lowest BCUT2D eigenvalue weighted by atomic mass is 10.1. The van der Waals surface area contributed by atoms with Gasteiger partial charge in [0.1, 0.15) is 23.4 Å². The summed E-state index contributed by atoms with van der Waals surface area (Å²) >= 11 is 0. The highest BCUT2D eigenvalue weighted by Crippen LogP contribution is 2.50. The number of benzene rings is 4. The molecule has 0 N–H and O–H groups in total. The summed E-state index contributed by atoms with van der Waals surface area (Å²) in [7, 11) is 0. The van der Waals surface area contributed by atoms with Crippen LogP contribution in [0.15, 0.2) is 134 Å². The molecule has 0 spiro atoms. The van der Waals surface area contributed by atoms with E-state index in [1.807, 2.05) is 36.4 Å². The number of rotatable bonds is 5. The zero-order chi connectivity index (χ0) is 20.9. The zero-order valence-corrected chi connectivity index (χ0v) is 17.0. The van der Waals surface area contributed by atoms with Gasteiger partial charge in [-0.1, -0.05) is 84.9 Å². The number of aromatic nitrogens is 2. The second-order valence-corrected chi connectivity index (χ2v) is 7.30. The van der Waals surface area contributed by atoms with Crippen molar-refractivity contribution in [2.24, 2.45) is 0 Å². The van der Waals surface area contributed by atoms with Crippen molar-refractivity contribution < 1.29 is 0 Å². The first-order chi connectivity index (χ1) is 15.4. The smallest absolute Gasteiger partial charge is 0.236 e. The summed E-state index contributed by atoms with van der Waals surface area (Å²) in [6.45, 7) is 0. The molecule has 31 heavy (non-hydrogen) atoms. The van der Waals surface area contributed by atoms with Crippen LogP contribution in [0.3, 0.4) is 0 Å². The van der Waals surface area contributed by atoms with Crippen LogP contribution in [0.4, 0.5) is 22.9 Å². The van der Waals surface area contributed by atoms with Gasteiger partial charge in [0, 0.05) is 48.0 Å². The minimum Gasteiger partial charge on any atom is -0.236 e. The van der Waals surface area contributed by atoms with Crippen molar-refractivity contribution in [2.75, 3.05) is 0 Å². The molecule has 0 amide bonds. The van der Waals surface area contributed by atoms with E-state index in [9.17, 15) is 0 Å². The number of hydrogen-bond acceptors (Lipinski definition) is 2. The first kappa shape index (κ1) is 18.9. The van der Waals surface area contributed by atoms with E-state index in [0.717, 1.165) is 34.1 Å². The summed E-state index contributed by atoms with van der Waals surface area (Å²) in [5, 5.41) is 0. The van der Waals surface area contributed by atoms with Crippen LogP contribution in [0.5, 0.6) is 0 Å². The van der Waals surface area contributed by atoms with E-state index < -0.39 is 0 Å². The van der Waals surface area contributed by atoms with Gasteiger partial charge < -0.3 is 0 Å². The topological polar surface area (TPSA) is 25.8 Å². The van der Waals surface area contributed by atoms with E-state index in [-0.39, 0.29) is 0 Å². The summed E-state index contributed by atoms with van der Waals surface area (Å²) in [5.74, 6) is 0.887. The van der Waals surface area contributed by atoms with Gasteiger partial charge in [0.15, 0.2) is 0 Å². The fourth-order valence-electron chi connectivity index (χ4n) is 4.10. The van der Waals surface area contributed by atoms with Gasteiger partial charge in [-0.25, -0.2) is 4.98 Å². The van der Waals surface area contributed by atoms with Crippen molar-refractivity contribution in [3.63, 3.8) is 0 Å². The number of quaternary nitrogens is 1. The molecule has 148 valence electrons. The maximum Gasteiger partial charge on any atom is 0.246 e. The quantitative estimate of drug-likeness (QED) is 0.286. The first-order valence-corrected chi connectivity index (χ1v) is 10.3. The molecular formula is C28H22N3+. The number of hydrogen-bond donors (Lipinski definition) is 0. The lowest BCUT2D eigenvalue weighted by Crippen LogP contribution is -2.34. The minimum absolute atomic E-state index is 0.366. The van der Waals surface area contributed by atoms with Gasteiger partial charge in [-0.3, -0.25) is 0 Å². The average molecular weight is 401 g/mol. The van der Waals surface area contributed by atoms with Crippen LogP contribution in [0.1, 0.15) is 0 Å². The molecule has 3 heteroatoms. The van der Waals surface area contributed by atoms with Gasteiger partial charge in [-0.15, -0.1) is 0 Å². The van der Waals surface area contributed by atoms with Crippen molar-refractivity contribution >= 4 is 22.9 Å². The van der Waals surface area contributed by atoms with Gasteiger partial charge in [-0.05, 0) is 0 Å². The summed E-state index contributed by atoms with van der Waals surface area (Å²) in [6.07, 6.45) is 1.67. The van der Waals surface area contributed by atoms with Crippen LogP contribution in [0.25, 0.3) is 11.3 Å². The highest BCUT2D eigenvalue weighted by atomic mass is 15.4. The predicted molar refractivity (Wildman–Crippen MR) is 128 cm³/mol. The fourth-order valence-corrected chi connectivity index (χ4v) is 4.10. The molecule has 4 aromatic carbocycles. The van der Waals surface area contributed by atoms with Crippen LogP contribution in [0.2, 0.25) is 0 Å². The van der Waals surface area contributed by atoms with Gasteiger partial charge in [0.25, 0.3) is 0 Å². The molecule has 1 aromatic heterocycles. The monoisotopic (exact) mass is 400 g/mol. The standard InChI is InChI=1S/C28H22N3/c1-5-13-23(14-6-1)27-21-28(30-22-29-27)31(24-15-7-2-8-16-24,25-17-9-3-10-18-25)26-19-11-4-12-20-26/h1-22H/q+1.